The fourth-order valence-electron chi connectivity index (χ4n) is 1.67. The minimum Gasteiger partial charge on any atom is -0.468 e. The molecular weight excluding hydrogens is 276 g/mol. The number of carbonyl (C=O) groups excluding carboxylic acids is 3. The van der Waals surface area contributed by atoms with Gasteiger partial charge in [-0.2, -0.15) is 0 Å². The molecule has 0 spiro atoms. The first-order valence-corrected chi connectivity index (χ1v) is 6.46. The fourth-order valence-corrected chi connectivity index (χ4v) is 1.67. The van der Waals surface area contributed by atoms with E-state index < -0.39 is 23.4 Å². The zero-order valence-electron chi connectivity index (χ0n) is 11.5. The summed E-state index contributed by atoms with van der Waals surface area (Å²) in [7, 11) is 1.24. The van der Waals surface area contributed by atoms with Crippen molar-refractivity contribution < 1.29 is 24.0 Å². The Kier molecular flexibility index (Phi) is 4.54. The standard InChI is InChI=1S/C14H16N2O5/c1-20-11(17)9-15-13(19)14(7-8-14)16-21-12(18)10-5-3-2-4-6-10/h2-6,16H,7-9H2,1H3,(H,15,19). The number of methoxy groups -OCH3 is 1. The zero-order chi connectivity index (χ0) is 15.3. The van der Waals surface area contributed by atoms with E-state index in [2.05, 4.69) is 15.5 Å². The molecule has 0 atom stereocenters. The molecule has 0 saturated heterocycles. The maximum Gasteiger partial charge on any atom is 0.356 e. The summed E-state index contributed by atoms with van der Waals surface area (Å²) in [5.74, 6) is -1.50. The van der Waals surface area contributed by atoms with Gasteiger partial charge in [-0.1, -0.05) is 18.2 Å². The van der Waals surface area contributed by atoms with Crippen molar-refractivity contribution in [2.24, 2.45) is 0 Å². The Labute approximate surface area is 121 Å². The first-order chi connectivity index (χ1) is 10.1. The summed E-state index contributed by atoms with van der Waals surface area (Å²) in [6.45, 7) is -0.217. The van der Waals surface area contributed by atoms with Crippen LogP contribution in [0, 0.1) is 0 Å². The first-order valence-electron chi connectivity index (χ1n) is 6.46. The third-order valence-corrected chi connectivity index (χ3v) is 3.15. The van der Waals surface area contributed by atoms with Gasteiger partial charge in [0, 0.05) is 0 Å². The van der Waals surface area contributed by atoms with Gasteiger partial charge in [0.1, 0.15) is 12.1 Å². The Morgan fingerprint density at radius 3 is 2.43 bits per heavy atom. The van der Waals surface area contributed by atoms with E-state index in [1.807, 2.05) is 0 Å². The van der Waals surface area contributed by atoms with Crippen LogP contribution in [0.3, 0.4) is 0 Å². The van der Waals surface area contributed by atoms with E-state index in [4.69, 9.17) is 4.84 Å². The second-order valence-electron chi connectivity index (χ2n) is 4.70. The molecule has 2 rings (SSSR count). The van der Waals surface area contributed by atoms with Crippen LogP contribution in [-0.2, 0) is 19.2 Å². The molecular formula is C14H16N2O5. The van der Waals surface area contributed by atoms with Crippen molar-refractivity contribution >= 4 is 17.8 Å². The molecule has 21 heavy (non-hydrogen) atoms. The molecule has 2 N–H and O–H groups in total. The number of nitrogens with one attached hydrogen (secondary N) is 2. The largest absolute Gasteiger partial charge is 0.468 e. The fraction of sp³-hybridized carbons (Fsp3) is 0.357. The third-order valence-electron chi connectivity index (χ3n) is 3.15. The molecule has 0 radical (unpaired) electrons. The predicted molar refractivity (Wildman–Crippen MR) is 72.0 cm³/mol. The predicted octanol–water partition coefficient (Wildman–Crippen LogP) is 0.170. The molecule has 0 aliphatic heterocycles. The maximum absolute atomic E-state index is 11.9. The summed E-state index contributed by atoms with van der Waals surface area (Å²) in [6, 6.07) is 8.44. The Balaban J connectivity index is 1.83. The second kappa shape index (κ2) is 6.36. The number of benzene rings is 1. The molecule has 7 heteroatoms. The van der Waals surface area contributed by atoms with Crippen molar-refractivity contribution in [3.63, 3.8) is 0 Å². The maximum atomic E-state index is 11.9. The van der Waals surface area contributed by atoms with Gasteiger partial charge in [-0.15, -0.1) is 5.48 Å². The van der Waals surface area contributed by atoms with Crippen LogP contribution in [0.1, 0.15) is 23.2 Å². The molecule has 112 valence electrons. The van der Waals surface area contributed by atoms with E-state index in [1.54, 1.807) is 30.3 Å². The Morgan fingerprint density at radius 1 is 1.19 bits per heavy atom. The summed E-state index contributed by atoms with van der Waals surface area (Å²) >= 11 is 0. The van der Waals surface area contributed by atoms with Crippen LogP contribution in [0.15, 0.2) is 30.3 Å². The summed E-state index contributed by atoms with van der Waals surface area (Å²) in [6.07, 6.45) is 1.06. The highest BCUT2D eigenvalue weighted by Gasteiger charge is 2.51. The lowest BCUT2D eigenvalue weighted by Gasteiger charge is -2.16. The number of rotatable bonds is 6. The summed E-state index contributed by atoms with van der Waals surface area (Å²) in [5, 5.41) is 2.43. The van der Waals surface area contributed by atoms with Gasteiger partial charge in [0.2, 0.25) is 5.91 Å². The van der Waals surface area contributed by atoms with E-state index in [1.165, 1.54) is 7.11 Å². The molecule has 1 aliphatic rings. The molecule has 0 aromatic heterocycles. The summed E-state index contributed by atoms with van der Waals surface area (Å²) < 4.78 is 4.43. The van der Waals surface area contributed by atoms with Gasteiger partial charge >= 0.3 is 11.9 Å². The highest BCUT2D eigenvalue weighted by atomic mass is 16.7. The summed E-state index contributed by atoms with van der Waals surface area (Å²) in [5.41, 5.74) is 1.94. The lowest BCUT2D eigenvalue weighted by atomic mass is 10.2. The van der Waals surface area contributed by atoms with E-state index in [0.717, 1.165) is 0 Å². The Hall–Kier alpha value is -2.41. The van der Waals surface area contributed by atoms with Gasteiger partial charge < -0.3 is 14.9 Å². The molecule has 1 aromatic carbocycles. The minimum atomic E-state index is -0.946. The molecule has 1 saturated carbocycles. The molecule has 0 unspecified atom stereocenters. The van der Waals surface area contributed by atoms with Crippen molar-refractivity contribution in [3.05, 3.63) is 35.9 Å². The number of hydroxylamine groups is 1. The quantitative estimate of drug-likeness (QED) is 0.573. The summed E-state index contributed by atoms with van der Waals surface area (Å²) in [4.78, 5) is 39.6. The van der Waals surface area contributed by atoms with E-state index in [0.29, 0.717) is 18.4 Å². The molecule has 1 aliphatic carbocycles. The van der Waals surface area contributed by atoms with E-state index in [-0.39, 0.29) is 6.54 Å². The molecule has 7 nitrogen and oxygen atoms in total. The van der Waals surface area contributed by atoms with Gasteiger partial charge in [-0.25, -0.2) is 4.79 Å². The highest BCUT2D eigenvalue weighted by molar-refractivity contribution is 5.92. The zero-order valence-corrected chi connectivity index (χ0v) is 11.5. The van der Waals surface area contributed by atoms with Crippen LogP contribution >= 0.6 is 0 Å². The van der Waals surface area contributed by atoms with Crippen LogP contribution in [-0.4, -0.2) is 37.0 Å². The van der Waals surface area contributed by atoms with E-state index in [9.17, 15) is 14.4 Å². The van der Waals surface area contributed by atoms with Crippen molar-refractivity contribution in [1.82, 2.24) is 10.8 Å². The van der Waals surface area contributed by atoms with Crippen LogP contribution in [0.25, 0.3) is 0 Å². The Morgan fingerprint density at radius 2 is 1.86 bits per heavy atom. The minimum absolute atomic E-state index is 0.217. The number of esters is 1. The molecule has 1 fully saturated rings. The van der Waals surface area contributed by atoms with Crippen LogP contribution in [0.4, 0.5) is 0 Å². The van der Waals surface area contributed by atoms with Crippen molar-refractivity contribution in [1.29, 1.82) is 0 Å². The average Bonchev–Trinajstić information content (AvgIpc) is 3.32. The highest BCUT2D eigenvalue weighted by Crippen LogP contribution is 2.35. The number of carbonyl (C=O) groups is 3. The van der Waals surface area contributed by atoms with Gasteiger partial charge in [-0.05, 0) is 25.0 Å². The smallest absolute Gasteiger partial charge is 0.356 e. The SMILES string of the molecule is COC(=O)CNC(=O)C1(NOC(=O)c2ccccc2)CC1. The lowest BCUT2D eigenvalue weighted by molar-refractivity contribution is -0.142. The number of ether oxygens (including phenoxy) is 1. The van der Waals surface area contributed by atoms with Crippen molar-refractivity contribution in [2.75, 3.05) is 13.7 Å². The molecule has 0 bridgehead atoms. The van der Waals surface area contributed by atoms with Gasteiger partial charge in [-0.3, -0.25) is 9.59 Å². The van der Waals surface area contributed by atoms with Crippen LogP contribution < -0.4 is 10.8 Å². The first kappa shape index (κ1) is 15.0. The molecule has 1 aromatic rings. The van der Waals surface area contributed by atoms with E-state index >= 15 is 0 Å². The number of amides is 1. The van der Waals surface area contributed by atoms with Crippen molar-refractivity contribution in [2.45, 2.75) is 18.4 Å². The molecule has 1 amide bonds. The molecule has 0 heterocycles. The monoisotopic (exact) mass is 292 g/mol. The second-order valence-corrected chi connectivity index (χ2v) is 4.70. The van der Waals surface area contributed by atoms with Crippen LogP contribution in [0.2, 0.25) is 0 Å². The van der Waals surface area contributed by atoms with Gasteiger partial charge in [0.15, 0.2) is 0 Å². The lowest BCUT2D eigenvalue weighted by Crippen LogP contribution is -2.48. The Bertz CT molecular complexity index is 540. The normalized spacial score (nSPS) is 14.9. The topological polar surface area (TPSA) is 93.7 Å². The number of hydrogen-bond acceptors (Lipinski definition) is 6. The average molecular weight is 292 g/mol. The van der Waals surface area contributed by atoms with Gasteiger partial charge in [0.25, 0.3) is 0 Å². The van der Waals surface area contributed by atoms with Gasteiger partial charge in [0.05, 0.1) is 12.7 Å². The van der Waals surface area contributed by atoms with Crippen LogP contribution in [0.5, 0.6) is 0 Å². The number of hydrogen-bond donors (Lipinski definition) is 2. The third kappa shape index (κ3) is 3.79. The van der Waals surface area contributed by atoms with Crippen molar-refractivity contribution in [3.8, 4) is 0 Å².